The van der Waals surface area contributed by atoms with Crippen molar-refractivity contribution in [2.24, 2.45) is 5.92 Å². The second kappa shape index (κ2) is 7.87. The van der Waals surface area contributed by atoms with Crippen molar-refractivity contribution in [2.75, 3.05) is 25.0 Å². The minimum atomic E-state index is 0.0982. The number of hydrogen-bond acceptors (Lipinski definition) is 4. The summed E-state index contributed by atoms with van der Waals surface area (Å²) in [7, 11) is 0. The normalized spacial score (nSPS) is 25.0. The van der Waals surface area contributed by atoms with E-state index in [0.717, 1.165) is 25.1 Å². The zero-order valence-electron chi connectivity index (χ0n) is 15.0. The molecule has 0 unspecified atom stereocenters. The van der Waals surface area contributed by atoms with Gasteiger partial charge in [0, 0.05) is 37.6 Å². The number of aromatic nitrogens is 1. The van der Waals surface area contributed by atoms with Gasteiger partial charge >= 0.3 is 0 Å². The summed E-state index contributed by atoms with van der Waals surface area (Å²) in [6.07, 6.45) is 6.80. The fraction of sp³-hybridized carbons (Fsp3) is 0.429. The number of benzene rings is 1. The van der Waals surface area contributed by atoms with E-state index in [9.17, 15) is 4.79 Å². The fourth-order valence-corrected chi connectivity index (χ4v) is 4.44. The van der Waals surface area contributed by atoms with Gasteiger partial charge in [0.1, 0.15) is 0 Å². The van der Waals surface area contributed by atoms with E-state index in [0.29, 0.717) is 25.2 Å². The van der Waals surface area contributed by atoms with Crippen molar-refractivity contribution in [3.05, 3.63) is 60.4 Å². The lowest BCUT2D eigenvalue weighted by Gasteiger charge is -2.24. The van der Waals surface area contributed by atoms with E-state index in [1.165, 1.54) is 12.0 Å². The van der Waals surface area contributed by atoms with E-state index in [1.54, 1.807) is 12.4 Å². The van der Waals surface area contributed by atoms with Gasteiger partial charge in [-0.3, -0.25) is 14.7 Å². The van der Waals surface area contributed by atoms with Crippen LogP contribution in [-0.2, 0) is 4.79 Å². The van der Waals surface area contributed by atoms with Crippen LogP contribution < -0.4 is 10.6 Å². The van der Waals surface area contributed by atoms with Crippen LogP contribution in [0.15, 0.2) is 54.9 Å². The molecule has 1 amide bonds. The molecule has 0 radical (unpaired) electrons. The second-order valence-corrected chi connectivity index (χ2v) is 7.18. The smallest absolute Gasteiger partial charge is 0.224 e. The average Bonchev–Trinajstić information content (AvgIpc) is 3.29. The molecule has 2 aromatic rings. The summed E-state index contributed by atoms with van der Waals surface area (Å²) in [5, 5.41) is 6.41. The third kappa shape index (κ3) is 3.58. The van der Waals surface area contributed by atoms with Crippen molar-refractivity contribution < 1.29 is 4.79 Å². The van der Waals surface area contributed by atoms with Crippen LogP contribution in [-0.4, -0.2) is 41.5 Å². The molecular weight excluding hydrogens is 324 g/mol. The molecule has 3 heterocycles. The minimum Gasteiger partial charge on any atom is -0.382 e. The van der Waals surface area contributed by atoms with Gasteiger partial charge in [0.25, 0.3) is 0 Å². The zero-order chi connectivity index (χ0) is 17.8. The van der Waals surface area contributed by atoms with Gasteiger partial charge in [0.05, 0.1) is 11.6 Å². The molecular formula is C21H26N4O. The summed E-state index contributed by atoms with van der Waals surface area (Å²) >= 11 is 0. The van der Waals surface area contributed by atoms with Crippen molar-refractivity contribution in [1.82, 2.24) is 15.2 Å². The first-order chi connectivity index (χ1) is 12.8. The van der Waals surface area contributed by atoms with Crippen LogP contribution in [0.3, 0.4) is 0 Å². The number of amides is 1. The van der Waals surface area contributed by atoms with Gasteiger partial charge in [-0.1, -0.05) is 30.3 Å². The molecule has 2 N–H and O–H groups in total. The van der Waals surface area contributed by atoms with Crippen LogP contribution in [0.4, 0.5) is 5.69 Å². The first kappa shape index (κ1) is 17.0. The third-order valence-electron chi connectivity index (χ3n) is 5.62. The van der Waals surface area contributed by atoms with Gasteiger partial charge in [-0.2, -0.15) is 0 Å². The number of rotatable bonds is 6. The Morgan fingerprint density at radius 3 is 2.85 bits per heavy atom. The summed E-state index contributed by atoms with van der Waals surface area (Å²) in [6, 6.07) is 15.3. The van der Waals surface area contributed by atoms with Gasteiger partial charge in [-0.25, -0.2) is 0 Å². The molecule has 4 rings (SSSR count). The molecule has 5 heteroatoms. The molecule has 2 saturated heterocycles. The van der Waals surface area contributed by atoms with Gasteiger partial charge in [-0.15, -0.1) is 0 Å². The lowest BCUT2D eigenvalue weighted by Crippen LogP contribution is -2.39. The van der Waals surface area contributed by atoms with E-state index in [1.807, 2.05) is 12.1 Å². The van der Waals surface area contributed by atoms with Crippen molar-refractivity contribution in [2.45, 2.75) is 31.3 Å². The number of carbonyl (C=O) groups excluding carboxylic acids is 1. The average molecular weight is 350 g/mol. The van der Waals surface area contributed by atoms with Crippen molar-refractivity contribution in [3.8, 4) is 0 Å². The molecule has 0 saturated carbocycles. The van der Waals surface area contributed by atoms with Gasteiger partial charge < -0.3 is 10.6 Å². The van der Waals surface area contributed by atoms with Gasteiger partial charge in [0.15, 0.2) is 0 Å². The molecule has 0 bridgehead atoms. The Morgan fingerprint density at radius 1 is 1.15 bits per heavy atom. The Balaban J connectivity index is 1.33. The minimum absolute atomic E-state index is 0.0982. The van der Waals surface area contributed by atoms with E-state index >= 15 is 0 Å². The first-order valence-electron chi connectivity index (χ1n) is 9.55. The van der Waals surface area contributed by atoms with Gasteiger partial charge in [0.2, 0.25) is 5.91 Å². The number of nitrogens with zero attached hydrogens (tertiary/aromatic N) is 2. The summed E-state index contributed by atoms with van der Waals surface area (Å²) < 4.78 is 0. The Kier molecular flexibility index (Phi) is 5.16. The Morgan fingerprint density at radius 2 is 2.04 bits per heavy atom. The molecule has 0 spiro atoms. The molecule has 0 aliphatic carbocycles. The first-order valence-corrected chi connectivity index (χ1v) is 9.55. The zero-order valence-corrected chi connectivity index (χ0v) is 15.0. The fourth-order valence-electron chi connectivity index (χ4n) is 4.44. The maximum absolute atomic E-state index is 12.8. The van der Waals surface area contributed by atoms with Crippen LogP contribution in [0.2, 0.25) is 0 Å². The van der Waals surface area contributed by atoms with Gasteiger partial charge in [-0.05, 0) is 43.5 Å². The number of nitrogens with one attached hydrogen (secondary N) is 2. The van der Waals surface area contributed by atoms with E-state index in [-0.39, 0.29) is 11.8 Å². The number of anilines is 1. The maximum atomic E-state index is 12.8. The standard InChI is InChI=1S/C21H26N4O/c26-21(24-12-11-23-17-8-4-10-22-15-17)18-14-20(16-6-2-1-3-7-16)25-13-5-9-19(18)25/h1-4,6-8,10,15,18-20,23H,5,9,11-14H2,(H,24,26)/t18-,19+,20-/m0/s1. The highest BCUT2D eigenvalue weighted by atomic mass is 16.2. The molecule has 5 nitrogen and oxygen atoms in total. The molecule has 2 fully saturated rings. The summed E-state index contributed by atoms with van der Waals surface area (Å²) in [4.78, 5) is 19.4. The number of fused-ring (bicyclic) bond motifs is 1. The molecule has 1 aromatic carbocycles. The predicted molar refractivity (Wildman–Crippen MR) is 103 cm³/mol. The van der Waals surface area contributed by atoms with Crippen LogP contribution in [0.5, 0.6) is 0 Å². The molecule has 3 atom stereocenters. The van der Waals surface area contributed by atoms with Crippen LogP contribution in [0.25, 0.3) is 0 Å². The Labute approximate surface area is 154 Å². The quantitative estimate of drug-likeness (QED) is 0.787. The van der Waals surface area contributed by atoms with Crippen molar-refractivity contribution >= 4 is 11.6 Å². The molecule has 26 heavy (non-hydrogen) atoms. The van der Waals surface area contributed by atoms with Crippen molar-refractivity contribution in [1.29, 1.82) is 0 Å². The lowest BCUT2D eigenvalue weighted by atomic mass is 9.93. The van der Waals surface area contributed by atoms with E-state index < -0.39 is 0 Å². The third-order valence-corrected chi connectivity index (χ3v) is 5.62. The number of carbonyl (C=O) groups is 1. The maximum Gasteiger partial charge on any atom is 0.224 e. The summed E-state index contributed by atoms with van der Waals surface area (Å²) in [5.74, 6) is 0.300. The van der Waals surface area contributed by atoms with Crippen LogP contribution in [0, 0.1) is 5.92 Å². The largest absolute Gasteiger partial charge is 0.382 e. The molecule has 136 valence electrons. The van der Waals surface area contributed by atoms with Crippen molar-refractivity contribution in [3.63, 3.8) is 0 Å². The number of pyridine rings is 1. The van der Waals surface area contributed by atoms with E-state index in [2.05, 4.69) is 50.8 Å². The Bertz CT molecular complexity index is 721. The highest BCUT2D eigenvalue weighted by Gasteiger charge is 2.46. The second-order valence-electron chi connectivity index (χ2n) is 7.18. The van der Waals surface area contributed by atoms with Crippen LogP contribution >= 0.6 is 0 Å². The van der Waals surface area contributed by atoms with E-state index in [4.69, 9.17) is 0 Å². The topological polar surface area (TPSA) is 57.3 Å². The Hall–Kier alpha value is -2.40. The number of hydrogen-bond donors (Lipinski definition) is 2. The lowest BCUT2D eigenvalue weighted by molar-refractivity contribution is -0.125. The van der Waals surface area contributed by atoms with Crippen LogP contribution in [0.1, 0.15) is 30.9 Å². The molecule has 2 aliphatic heterocycles. The molecule has 1 aromatic heterocycles. The highest BCUT2D eigenvalue weighted by Crippen LogP contribution is 2.44. The highest BCUT2D eigenvalue weighted by molar-refractivity contribution is 5.80. The summed E-state index contributed by atoms with van der Waals surface area (Å²) in [5.41, 5.74) is 2.32. The predicted octanol–water partition coefficient (Wildman–Crippen LogP) is 2.84. The molecule has 2 aliphatic rings. The SMILES string of the molecule is O=C(NCCNc1cccnc1)[C@H]1C[C@@H](c2ccccc2)N2CCC[C@H]12. The monoisotopic (exact) mass is 350 g/mol. The summed E-state index contributed by atoms with van der Waals surface area (Å²) in [6.45, 7) is 2.45.